The number of nitrogens with two attached hydrogens (primary N) is 1. The topological polar surface area (TPSA) is 101 Å². The zero-order chi connectivity index (χ0) is 15.7. The van der Waals surface area contributed by atoms with Crippen LogP contribution in [0.5, 0.6) is 0 Å². The van der Waals surface area contributed by atoms with Crippen molar-refractivity contribution in [2.75, 3.05) is 12.3 Å². The Kier molecular flexibility index (Phi) is 25.2. The minimum absolute atomic E-state index is 0.532. The van der Waals surface area contributed by atoms with Crippen molar-refractivity contribution in [2.45, 2.75) is 52.0 Å². The number of hydrogen-bond acceptors (Lipinski definition) is 3. The second-order valence-electron chi connectivity index (χ2n) is 3.83. The van der Waals surface area contributed by atoms with Gasteiger partial charge in [0.05, 0.1) is 6.42 Å². The van der Waals surface area contributed by atoms with Crippen molar-refractivity contribution in [1.82, 2.24) is 0 Å². The number of carbonyl (C=O) groups is 2. The zero-order valence-corrected chi connectivity index (χ0v) is 14.3. The Morgan fingerprint density at radius 1 is 1.05 bits per heavy atom. The first-order valence-electron chi connectivity index (χ1n) is 6.47. The fourth-order valence-electron chi connectivity index (χ4n) is 0.684. The molecule has 3 atom stereocenters. The van der Waals surface area contributed by atoms with Gasteiger partial charge in [-0.1, -0.05) is 39.5 Å². The highest BCUT2D eigenvalue weighted by Crippen LogP contribution is 1.90. The SMILES string of the molecule is CCCCP.CCCCP.NC(CC(=O)O)C(=O)O. The molecule has 0 aliphatic carbocycles. The summed E-state index contributed by atoms with van der Waals surface area (Å²) in [5.41, 5.74) is 4.84. The molecule has 4 N–H and O–H groups in total. The van der Waals surface area contributed by atoms with E-state index in [0.717, 1.165) is 0 Å². The summed E-state index contributed by atoms with van der Waals surface area (Å²) in [5.74, 6) is -2.50. The van der Waals surface area contributed by atoms with Gasteiger partial charge in [0.1, 0.15) is 6.04 Å². The third kappa shape index (κ3) is 31.9. The highest BCUT2D eigenvalue weighted by Gasteiger charge is 2.14. The van der Waals surface area contributed by atoms with Gasteiger partial charge in [0.15, 0.2) is 0 Å². The molecule has 0 bridgehead atoms. The monoisotopic (exact) mass is 313 g/mol. The summed E-state index contributed by atoms with van der Waals surface area (Å²) in [7, 11) is 5.40. The molecule has 0 saturated heterocycles. The van der Waals surface area contributed by atoms with Crippen molar-refractivity contribution in [3.05, 3.63) is 0 Å². The predicted molar refractivity (Wildman–Crippen MR) is 86.8 cm³/mol. The first kappa shape index (κ1) is 23.8. The van der Waals surface area contributed by atoms with Crippen LogP contribution in [0.3, 0.4) is 0 Å². The fraction of sp³-hybridized carbons (Fsp3) is 0.833. The van der Waals surface area contributed by atoms with Gasteiger partial charge in [0.25, 0.3) is 0 Å². The van der Waals surface area contributed by atoms with Crippen molar-refractivity contribution in [3.8, 4) is 0 Å². The third-order valence-corrected chi connectivity index (χ3v) is 2.64. The smallest absolute Gasteiger partial charge is 0.321 e. The van der Waals surface area contributed by atoms with E-state index in [1.807, 2.05) is 0 Å². The van der Waals surface area contributed by atoms with Gasteiger partial charge >= 0.3 is 11.9 Å². The van der Waals surface area contributed by atoms with Gasteiger partial charge in [-0.05, 0) is 12.3 Å². The molecule has 3 unspecified atom stereocenters. The van der Waals surface area contributed by atoms with E-state index < -0.39 is 24.4 Å². The lowest BCUT2D eigenvalue weighted by Crippen LogP contribution is -2.32. The molecule has 5 nitrogen and oxygen atoms in total. The van der Waals surface area contributed by atoms with Crippen LogP contribution in [0.15, 0.2) is 0 Å². The number of unbranched alkanes of at least 4 members (excludes halogenated alkanes) is 2. The van der Waals surface area contributed by atoms with Crippen LogP contribution in [0, 0.1) is 0 Å². The molecule has 0 fully saturated rings. The lowest BCUT2D eigenvalue weighted by Gasteiger charge is -1.99. The average Bonchev–Trinajstić information content (AvgIpc) is 2.31. The van der Waals surface area contributed by atoms with Gasteiger partial charge in [-0.15, -0.1) is 18.5 Å². The molecule has 0 heterocycles. The molecule has 0 aliphatic rings. The molecule has 0 amide bonds. The minimum atomic E-state index is -1.29. The molecule has 0 saturated carbocycles. The molecule has 0 radical (unpaired) electrons. The summed E-state index contributed by atoms with van der Waals surface area (Å²) in [4.78, 5) is 19.6. The van der Waals surface area contributed by atoms with Gasteiger partial charge < -0.3 is 15.9 Å². The van der Waals surface area contributed by atoms with E-state index in [2.05, 4.69) is 32.3 Å². The van der Waals surface area contributed by atoms with E-state index in [4.69, 9.17) is 15.9 Å². The van der Waals surface area contributed by atoms with Crippen LogP contribution in [0.25, 0.3) is 0 Å². The van der Waals surface area contributed by atoms with E-state index in [0.29, 0.717) is 0 Å². The number of rotatable bonds is 7. The van der Waals surface area contributed by atoms with Crippen LogP contribution in [0.4, 0.5) is 0 Å². The maximum atomic E-state index is 9.85. The predicted octanol–water partition coefficient (Wildman–Crippen LogP) is 2.20. The summed E-state index contributed by atoms with van der Waals surface area (Å²) < 4.78 is 0. The van der Waals surface area contributed by atoms with Gasteiger partial charge in [-0.25, -0.2) is 0 Å². The van der Waals surface area contributed by atoms with Crippen LogP contribution in [-0.2, 0) is 9.59 Å². The Morgan fingerprint density at radius 2 is 1.42 bits per heavy atom. The zero-order valence-electron chi connectivity index (χ0n) is 12.0. The van der Waals surface area contributed by atoms with Gasteiger partial charge in [0.2, 0.25) is 0 Å². The molecule has 0 rings (SSSR count). The van der Waals surface area contributed by atoms with Gasteiger partial charge in [0, 0.05) is 0 Å². The first-order chi connectivity index (χ1) is 8.87. The molecule has 19 heavy (non-hydrogen) atoms. The Hall–Kier alpha value is -0.240. The van der Waals surface area contributed by atoms with Crippen LogP contribution < -0.4 is 5.73 Å². The summed E-state index contributed by atoms with van der Waals surface area (Å²) in [6, 6.07) is -1.29. The number of carboxylic acid groups (broad SMARTS) is 2. The number of aliphatic carboxylic acids is 2. The molecule has 116 valence electrons. The van der Waals surface area contributed by atoms with Crippen molar-refractivity contribution >= 4 is 30.4 Å². The average molecular weight is 313 g/mol. The fourth-order valence-corrected chi connectivity index (χ4v) is 1.50. The van der Waals surface area contributed by atoms with Crippen LogP contribution in [0.1, 0.15) is 46.0 Å². The Balaban J connectivity index is -0.000000219. The summed E-state index contributed by atoms with van der Waals surface area (Å²) in [6.07, 6.45) is 7.34. The lowest BCUT2D eigenvalue weighted by atomic mass is 10.2. The van der Waals surface area contributed by atoms with Crippen molar-refractivity contribution < 1.29 is 19.8 Å². The van der Waals surface area contributed by atoms with E-state index in [-0.39, 0.29) is 0 Å². The summed E-state index contributed by atoms with van der Waals surface area (Å²) in [5, 5.41) is 16.0. The molecular formula is C12H29NO4P2. The maximum Gasteiger partial charge on any atom is 0.321 e. The lowest BCUT2D eigenvalue weighted by molar-refractivity contribution is -0.144. The molecule has 0 aromatic heterocycles. The van der Waals surface area contributed by atoms with E-state index in [1.54, 1.807) is 0 Å². The van der Waals surface area contributed by atoms with Crippen LogP contribution >= 0.6 is 18.5 Å². The summed E-state index contributed by atoms with van der Waals surface area (Å²) >= 11 is 0. The molecule has 0 aromatic rings. The maximum absolute atomic E-state index is 9.85. The van der Waals surface area contributed by atoms with E-state index >= 15 is 0 Å². The number of carboxylic acids is 2. The first-order valence-corrected chi connectivity index (χ1v) is 8.10. The minimum Gasteiger partial charge on any atom is -0.481 e. The van der Waals surface area contributed by atoms with Gasteiger partial charge in [-0.3, -0.25) is 9.59 Å². The largest absolute Gasteiger partial charge is 0.481 e. The second kappa shape index (κ2) is 20.1. The Labute approximate surface area is 121 Å². The highest BCUT2D eigenvalue weighted by molar-refractivity contribution is 7.16. The Morgan fingerprint density at radius 3 is 1.47 bits per heavy atom. The van der Waals surface area contributed by atoms with Crippen molar-refractivity contribution in [3.63, 3.8) is 0 Å². The second-order valence-corrected chi connectivity index (χ2v) is 4.98. The molecular weight excluding hydrogens is 284 g/mol. The van der Waals surface area contributed by atoms with Gasteiger partial charge in [-0.2, -0.15) is 0 Å². The molecule has 0 spiro atoms. The molecule has 7 heteroatoms. The third-order valence-electron chi connectivity index (χ3n) is 1.83. The van der Waals surface area contributed by atoms with Crippen molar-refractivity contribution in [1.29, 1.82) is 0 Å². The number of hydrogen-bond donors (Lipinski definition) is 3. The standard InChI is InChI=1S/C4H7NO4.2C4H11P/c5-2(4(8)9)1-3(6)7;2*1-2-3-4-5/h2H,1,5H2,(H,6,7)(H,8,9);2*2-5H2,1H3. The van der Waals surface area contributed by atoms with Crippen LogP contribution in [0.2, 0.25) is 0 Å². The van der Waals surface area contributed by atoms with Crippen LogP contribution in [-0.4, -0.2) is 40.5 Å². The van der Waals surface area contributed by atoms with E-state index in [1.165, 1.54) is 38.0 Å². The van der Waals surface area contributed by atoms with E-state index in [9.17, 15) is 9.59 Å². The normalized spacial score (nSPS) is 10.4. The highest BCUT2D eigenvalue weighted by atomic mass is 31.0. The Bertz CT molecular complexity index is 206. The molecule has 0 aromatic carbocycles. The summed E-state index contributed by atoms with van der Waals surface area (Å²) in [6.45, 7) is 4.40. The quantitative estimate of drug-likeness (QED) is 0.626. The molecule has 0 aliphatic heterocycles. The van der Waals surface area contributed by atoms with Crippen molar-refractivity contribution in [2.24, 2.45) is 5.73 Å².